The highest BCUT2D eigenvalue weighted by Crippen LogP contribution is 2.44. The molecule has 2 aliphatic rings. The number of aromatic amines is 2. The maximum absolute atomic E-state index is 13.6. The number of methoxy groups -OCH3 is 2. The van der Waals surface area contributed by atoms with Gasteiger partial charge in [0.05, 0.1) is 38.6 Å². The van der Waals surface area contributed by atoms with Crippen LogP contribution >= 0.6 is 22.7 Å². The molecule has 22 heteroatoms. The summed E-state index contributed by atoms with van der Waals surface area (Å²) in [4.78, 5) is 68.9. The Balaban J connectivity index is 0.000000185. The second-order valence-corrected chi connectivity index (χ2v) is 24.8. The first-order valence-electron chi connectivity index (χ1n) is 30.1. The number of ether oxygens (including phenoxy) is 4. The van der Waals surface area contributed by atoms with E-state index in [2.05, 4.69) is 20.6 Å². The molecule has 10 atom stereocenters. The number of thiazole rings is 2. The predicted molar refractivity (Wildman–Crippen MR) is 352 cm³/mol. The summed E-state index contributed by atoms with van der Waals surface area (Å²) in [7, 11) is 3.24. The lowest BCUT2D eigenvalue weighted by Gasteiger charge is -2.37. The van der Waals surface area contributed by atoms with Crippen LogP contribution in [0.3, 0.4) is 0 Å². The number of rotatable bonds is 20. The van der Waals surface area contributed by atoms with E-state index in [4.69, 9.17) is 40.4 Å². The van der Waals surface area contributed by atoms with Gasteiger partial charge in [0.2, 0.25) is 11.9 Å². The molecule has 468 valence electrons. The fraction of sp³-hybridized carbons (Fsp3) is 0.324. The van der Waals surface area contributed by atoms with Gasteiger partial charge in [-0.05, 0) is 97.2 Å². The predicted octanol–water partition coefficient (Wildman–Crippen LogP) is 9.16. The molecule has 0 amide bonds. The molecule has 0 radical (unpaired) electrons. The van der Waals surface area contributed by atoms with Crippen LogP contribution in [0.2, 0.25) is 0 Å². The minimum atomic E-state index is -1.01. The van der Waals surface area contributed by atoms with Crippen molar-refractivity contribution in [3.63, 3.8) is 0 Å². The monoisotopic (exact) mass is 1250 g/mol. The zero-order valence-electron chi connectivity index (χ0n) is 50.7. The zero-order valence-corrected chi connectivity index (χ0v) is 52.3. The zero-order chi connectivity index (χ0) is 63.4. The summed E-state index contributed by atoms with van der Waals surface area (Å²) in [5, 5.41) is 28.3. The fourth-order valence-corrected chi connectivity index (χ4v) is 14.2. The van der Waals surface area contributed by atoms with E-state index in [0.717, 1.165) is 56.1 Å². The summed E-state index contributed by atoms with van der Waals surface area (Å²) in [5.41, 5.74) is 15.6. The Hall–Kier alpha value is -8.58. The summed E-state index contributed by atoms with van der Waals surface area (Å²) in [5.74, 6) is 1.21. The highest BCUT2D eigenvalue weighted by Gasteiger charge is 2.46. The third-order valence-electron chi connectivity index (χ3n) is 17.4. The van der Waals surface area contributed by atoms with Crippen LogP contribution in [0.15, 0.2) is 189 Å². The Labute approximate surface area is 527 Å². The van der Waals surface area contributed by atoms with Crippen LogP contribution in [0.5, 0.6) is 11.5 Å². The number of nitrogens with one attached hydrogen (secondary N) is 4. The normalized spacial score (nSPS) is 19.8. The van der Waals surface area contributed by atoms with Crippen LogP contribution in [0, 0.1) is 11.8 Å². The van der Waals surface area contributed by atoms with Crippen molar-refractivity contribution >= 4 is 55.3 Å². The molecule has 0 unspecified atom stereocenters. The van der Waals surface area contributed by atoms with Crippen LogP contribution < -0.4 is 52.4 Å². The molecule has 20 nitrogen and oxygen atoms in total. The van der Waals surface area contributed by atoms with Crippen molar-refractivity contribution in [1.29, 1.82) is 0 Å². The Morgan fingerprint density at radius 2 is 0.833 bits per heavy atom. The first-order chi connectivity index (χ1) is 43.5. The first-order valence-corrected chi connectivity index (χ1v) is 31.7. The first kappa shape index (κ1) is 63.0. The number of nitrogens with two attached hydrogens (primary N) is 2. The molecule has 0 bridgehead atoms. The fourth-order valence-electron chi connectivity index (χ4n) is 12.6. The van der Waals surface area contributed by atoms with Gasteiger partial charge in [-0.25, -0.2) is 0 Å². The second-order valence-electron chi connectivity index (χ2n) is 22.9. The average Bonchev–Trinajstić information content (AvgIpc) is 1.91. The van der Waals surface area contributed by atoms with E-state index in [1.54, 1.807) is 14.2 Å². The van der Waals surface area contributed by atoms with E-state index in [1.165, 1.54) is 9.13 Å². The van der Waals surface area contributed by atoms with Crippen molar-refractivity contribution in [3.05, 3.63) is 243 Å². The molecule has 90 heavy (non-hydrogen) atoms. The molecule has 0 saturated carbocycles. The standard InChI is InChI=1S/2C34H37N5O5S/c2*1-4-26(40)27-19-25(20(2)35)31(44-27)39-29-28(45-33(39)42)30(41)37-32(36-29)38-34(21-11-7-5-8-12-21,22-13-9-6-10-14-22)23-15-17-24(43-3)18-16-23/h2*5-18,20,25-27,31,40H,4,19,35H2,1-3H3,(H2,36,37,38,41)/t20-,25+,26+,27+,31-;20-,25-,26-,27-,31+/m10/s1. The topological polar surface area (TPSA) is 289 Å². The molecule has 10 aromatic rings. The molecule has 0 spiro atoms. The lowest BCUT2D eigenvalue weighted by atomic mass is 9.77. The maximum Gasteiger partial charge on any atom is 0.311 e. The largest absolute Gasteiger partial charge is 0.497 e. The number of hydrogen-bond donors (Lipinski definition) is 8. The van der Waals surface area contributed by atoms with Gasteiger partial charge in [-0.2, -0.15) is 9.97 Å². The highest BCUT2D eigenvalue weighted by molar-refractivity contribution is 7.16. The molecule has 2 fully saturated rings. The summed E-state index contributed by atoms with van der Waals surface area (Å²) in [6, 6.07) is 54.4. The molecule has 0 aliphatic carbocycles. The van der Waals surface area contributed by atoms with Gasteiger partial charge in [0.1, 0.15) is 44.4 Å². The van der Waals surface area contributed by atoms with Crippen molar-refractivity contribution in [2.24, 2.45) is 23.3 Å². The van der Waals surface area contributed by atoms with E-state index in [1.807, 2.05) is 198 Å². The third-order valence-corrected chi connectivity index (χ3v) is 19.2. The number of aliphatic hydroxyl groups is 2. The van der Waals surface area contributed by atoms with Crippen molar-refractivity contribution in [2.45, 2.75) is 113 Å². The van der Waals surface area contributed by atoms with Gasteiger partial charge >= 0.3 is 9.75 Å². The Morgan fingerprint density at radius 3 is 1.11 bits per heavy atom. The van der Waals surface area contributed by atoms with Crippen molar-refractivity contribution in [2.75, 3.05) is 24.9 Å². The SMILES string of the molecule is CC[C@H](O)[C@@H]1C[C@@H]([C@@H](C)N)[C@H](n2c(=O)sc3c(=O)[nH]c(NC(c4ccccc4)(c4ccccc4)c4ccc(OC)cc4)nc32)O1.CC[C@H](O)[C@@H]1C[C@@H]([C@H](C)N)[C@H](n2c(=O)sc3c(=O)[nH]c(NC(c4ccccc4)(c4ccccc4)c4ccc(OC)cc4)nc32)O1. The van der Waals surface area contributed by atoms with Gasteiger partial charge in [-0.1, -0.05) is 182 Å². The van der Waals surface area contributed by atoms with E-state index in [9.17, 15) is 29.4 Å². The maximum atomic E-state index is 13.6. The summed E-state index contributed by atoms with van der Waals surface area (Å²) >= 11 is 1.63. The second kappa shape index (κ2) is 26.9. The van der Waals surface area contributed by atoms with E-state index in [0.29, 0.717) is 37.2 Å². The average molecular weight is 1260 g/mol. The molecular weight excluding hydrogens is 1180 g/mol. The molecule has 2 aliphatic heterocycles. The summed E-state index contributed by atoms with van der Waals surface area (Å²) in [6.45, 7) is 7.47. The van der Waals surface area contributed by atoms with Gasteiger partial charge < -0.3 is 51.3 Å². The number of aliphatic hydroxyl groups excluding tert-OH is 2. The Bertz CT molecular complexity index is 3940. The van der Waals surface area contributed by atoms with Crippen molar-refractivity contribution in [3.8, 4) is 11.5 Å². The van der Waals surface area contributed by atoms with Crippen LogP contribution in [0.1, 0.15) is 99.2 Å². The quantitative estimate of drug-likeness (QED) is 0.0330. The number of aromatic nitrogens is 6. The van der Waals surface area contributed by atoms with Crippen molar-refractivity contribution < 1.29 is 29.2 Å². The lowest BCUT2D eigenvalue weighted by molar-refractivity contribution is -0.0664. The molecule has 6 heterocycles. The minimum Gasteiger partial charge on any atom is -0.497 e. The molecule has 10 N–H and O–H groups in total. The van der Waals surface area contributed by atoms with E-state index in [-0.39, 0.29) is 66.3 Å². The summed E-state index contributed by atoms with van der Waals surface area (Å²) < 4.78 is 26.7. The minimum absolute atomic E-state index is 0.170. The van der Waals surface area contributed by atoms with Gasteiger partial charge in [0, 0.05) is 23.9 Å². The molecular formula is C68H74N10O10S2. The molecule has 4 aromatic heterocycles. The van der Waals surface area contributed by atoms with E-state index >= 15 is 0 Å². The Kier molecular flexibility index (Phi) is 18.8. The van der Waals surface area contributed by atoms with Crippen LogP contribution in [-0.4, -0.2) is 90.0 Å². The number of H-pyrrole nitrogens is 2. The van der Waals surface area contributed by atoms with Gasteiger partial charge in [-0.3, -0.25) is 38.3 Å². The smallest absolute Gasteiger partial charge is 0.311 e. The van der Waals surface area contributed by atoms with Crippen LogP contribution in [0.25, 0.3) is 20.7 Å². The van der Waals surface area contributed by atoms with Gasteiger partial charge in [0.15, 0.2) is 11.3 Å². The van der Waals surface area contributed by atoms with Crippen LogP contribution in [-0.2, 0) is 20.6 Å². The highest BCUT2D eigenvalue weighted by atomic mass is 32.1. The number of fused-ring (bicyclic) bond motifs is 2. The van der Waals surface area contributed by atoms with Gasteiger partial charge in [0.25, 0.3) is 11.1 Å². The Morgan fingerprint density at radius 1 is 0.533 bits per heavy atom. The number of benzene rings is 6. The molecule has 6 aromatic carbocycles. The number of nitrogens with zero attached hydrogens (tertiary/aromatic N) is 4. The number of anilines is 2. The molecule has 2 saturated heterocycles. The van der Waals surface area contributed by atoms with Gasteiger partial charge in [-0.15, -0.1) is 0 Å². The third kappa shape index (κ3) is 12.0. The molecule has 12 rings (SSSR count). The van der Waals surface area contributed by atoms with Crippen molar-refractivity contribution in [1.82, 2.24) is 29.1 Å². The number of hydrogen-bond acceptors (Lipinski definition) is 18. The van der Waals surface area contributed by atoms with Crippen LogP contribution in [0.4, 0.5) is 11.9 Å². The summed E-state index contributed by atoms with van der Waals surface area (Å²) in [6.07, 6.45) is -1.98. The lowest BCUT2D eigenvalue weighted by Crippen LogP contribution is -2.39. The van der Waals surface area contributed by atoms with E-state index < -0.39 is 59.1 Å².